The van der Waals surface area contributed by atoms with Crippen LogP contribution in [-0.2, 0) is 19.5 Å². The average molecular weight is 290 g/mol. The first kappa shape index (κ1) is 13.6. The van der Waals surface area contributed by atoms with Crippen molar-refractivity contribution in [2.24, 2.45) is 0 Å². The van der Waals surface area contributed by atoms with E-state index in [0.29, 0.717) is 0 Å². The van der Waals surface area contributed by atoms with E-state index in [1.807, 2.05) is 0 Å². The number of nitrogens with one attached hydrogen (secondary N) is 1. The Bertz CT molecular complexity index is 815. The van der Waals surface area contributed by atoms with Crippen LogP contribution in [0.15, 0.2) is 42.5 Å². The van der Waals surface area contributed by atoms with E-state index in [0.717, 1.165) is 26.1 Å². The summed E-state index contributed by atoms with van der Waals surface area (Å²) in [6.07, 6.45) is 1.12. The highest BCUT2D eigenvalue weighted by atomic mass is 15.1. The van der Waals surface area contributed by atoms with E-state index in [4.69, 9.17) is 0 Å². The van der Waals surface area contributed by atoms with Gasteiger partial charge in [-0.25, -0.2) is 0 Å². The van der Waals surface area contributed by atoms with E-state index < -0.39 is 0 Å². The van der Waals surface area contributed by atoms with Gasteiger partial charge in [0.15, 0.2) is 0 Å². The number of fused-ring (bicyclic) bond motifs is 3. The fourth-order valence-corrected chi connectivity index (χ4v) is 3.68. The minimum Gasteiger partial charge on any atom is -0.358 e. The molecule has 0 saturated carbocycles. The predicted molar refractivity (Wildman–Crippen MR) is 92.0 cm³/mol. The number of nitrogens with zero attached hydrogens (tertiary/aromatic N) is 1. The van der Waals surface area contributed by atoms with Crippen molar-refractivity contribution in [2.75, 3.05) is 6.54 Å². The second-order valence-electron chi connectivity index (χ2n) is 6.48. The highest BCUT2D eigenvalue weighted by Crippen LogP contribution is 2.32. The second kappa shape index (κ2) is 5.29. The molecule has 2 heterocycles. The first-order valence-corrected chi connectivity index (χ1v) is 8.08. The largest absolute Gasteiger partial charge is 0.358 e. The van der Waals surface area contributed by atoms with Crippen LogP contribution < -0.4 is 0 Å². The van der Waals surface area contributed by atoms with Gasteiger partial charge in [-0.3, -0.25) is 4.90 Å². The molecule has 1 aliphatic heterocycles. The van der Waals surface area contributed by atoms with Gasteiger partial charge >= 0.3 is 0 Å². The van der Waals surface area contributed by atoms with Crippen LogP contribution in [0.25, 0.3) is 10.9 Å². The highest BCUT2D eigenvalue weighted by Gasteiger charge is 2.22. The van der Waals surface area contributed by atoms with Gasteiger partial charge in [-0.2, -0.15) is 0 Å². The third kappa shape index (κ3) is 2.24. The summed E-state index contributed by atoms with van der Waals surface area (Å²) < 4.78 is 0. The molecule has 0 fully saturated rings. The predicted octanol–water partition coefficient (Wildman–Crippen LogP) is 4.34. The maximum absolute atomic E-state index is 3.68. The summed E-state index contributed by atoms with van der Waals surface area (Å²) in [7, 11) is 0. The Hall–Kier alpha value is -2.06. The van der Waals surface area contributed by atoms with Gasteiger partial charge in [0.1, 0.15) is 0 Å². The molecule has 1 aliphatic rings. The van der Waals surface area contributed by atoms with Gasteiger partial charge in [0.05, 0.1) is 0 Å². The summed E-state index contributed by atoms with van der Waals surface area (Å²) in [4.78, 5) is 6.25. The van der Waals surface area contributed by atoms with Crippen LogP contribution in [0.2, 0.25) is 0 Å². The third-order valence-corrected chi connectivity index (χ3v) is 4.87. The van der Waals surface area contributed by atoms with Crippen molar-refractivity contribution in [1.29, 1.82) is 0 Å². The molecule has 0 radical (unpaired) electrons. The molecular formula is C20H22N2. The first-order chi connectivity index (χ1) is 10.7. The van der Waals surface area contributed by atoms with Gasteiger partial charge in [-0.15, -0.1) is 0 Å². The van der Waals surface area contributed by atoms with Crippen LogP contribution in [0.5, 0.6) is 0 Å². The number of hydrogen-bond donors (Lipinski definition) is 1. The molecular weight excluding hydrogens is 268 g/mol. The van der Waals surface area contributed by atoms with Crippen molar-refractivity contribution in [3.8, 4) is 0 Å². The van der Waals surface area contributed by atoms with Crippen molar-refractivity contribution in [3.05, 3.63) is 70.4 Å². The van der Waals surface area contributed by atoms with Crippen molar-refractivity contribution in [2.45, 2.75) is 33.4 Å². The fourth-order valence-electron chi connectivity index (χ4n) is 3.68. The lowest BCUT2D eigenvalue weighted by atomic mass is 9.99. The summed E-state index contributed by atoms with van der Waals surface area (Å²) >= 11 is 0. The molecule has 1 aromatic heterocycles. The van der Waals surface area contributed by atoms with Crippen LogP contribution in [0.1, 0.15) is 27.9 Å². The van der Waals surface area contributed by atoms with Gasteiger partial charge in [0.25, 0.3) is 0 Å². The number of rotatable bonds is 2. The molecule has 0 aliphatic carbocycles. The Kier molecular flexibility index (Phi) is 3.27. The van der Waals surface area contributed by atoms with Crippen LogP contribution in [0, 0.1) is 13.8 Å². The van der Waals surface area contributed by atoms with Crippen LogP contribution >= 0.6 is 0 Å². The van der Waals surface area contributed by atoms with E-state index in [1.165, 1.54) is 38.9 Å². The monoisotopic (exact) mass is 290 g/mol. The second-order valence-corrected chi connectivity index (χ2v) is 6.48. The summed E-state index contributed by atoms with van der Waals surface area (Å²) in [5.41, 5.74) is 8.43. The van der Waals surface area contributed by atoms with E-state index in [-0.39, 0.29) is 0 Å². The van der Waals surface area contributed by atoms with E-state index in [1.54, 1.807) is 0 Å². The molecule has 112 valence electrons. The Morgan fingerprint density at radius 2 is 1.77 bits per heavy atom. The minimum absolute atomic E-state index is 1.04. The molecule has 2 nitrogen and oxygen atoms in total. The molecule has 0 saturated heterocycles. The molecule has 2 aromatic carbocycles. The lowest BCUT2D eigenvalue weighted by molar-refractivity contribution is 0.245. The quantitative estimate of drug-likeness (QED) is 0.743. The zero-order valence-corrected chi connectivity index (χ0v) is 13.3. The van der Waals surface area contributed by atoms with Crippen molar-refractivity contribution in [3.63, 3.8) is 0 Å². The lowest BCUT2D eigenvalue weighted by Gasteiger charge is -2.27. The smallest absolute Gasteiger partial charge is 0.0491 e. The summed E-state index contributed by atoms with van der Waals surface area (Å²) in [6, 6.07) is 15.3. The average Bonchev–Trinajstić information content (AvgIpc) is 2.92. The normalized spacial score (nSPS) is 15.2. The Morgan fingerprint density at radius 1 is 1.00 bits per heavy atom. The van der Waals surface area contributed by atoms with Gasteiger partial charge in [0.2, 0.25) is 0 Å². The minimum atomic E-state index is 1.04. The number of aromatic amines is 1. The number of hydrogen-bond acceptors (Lipinski definition) is 1. The van der Waals surface area contributed by atoms with Gasteiger partial charge in [-0.05, 0) is 36.1 Å². The number of H-pyrrole nitrogens is 1. The molecule has 0 spiro atoms. The van der Waals surface area contributed by atoms with E-state index >= 15 is 0 Å². The van der Waals surface area contributed by atoms with Crippen molar-refractivity contribution < 1.29 is 0 Å². The zero-order valence-electron chi connectivity index (χ0n) is 13.3. The number of aromatic nitrogens is 1. The summed E-state index contributed by atoms with van der Waals surface area (Å²) in [5, 5.41) is 1.45. The van der Waals surface area contributed by atoms with Crippen molar-refractivity contribution >= 4 is 10.9 Å². The standard InChI is InChI=1S/C20H22N2/c1-14-8-9-15(2)20-19(14)17-13-22(11-10-18(17)21-20)12-16-6-4-3-5-7-16/h3-9,21H,10-13H2,1-2H3. The molecule has 3 aromatic rings. The molecule has 22 heavy (non-hydrogen) atoms. The number of aryl methyl sites for hydroxylation is 2. The third-order valence-electron chi connectivity index (χ3n) is 4.87. The molecule has 2 heteroatoms. The molecule has 0 amide bonds. The summed E-state index contributed by atoms with van der Waals surface area (Å²) in [5.74, 6) is 0. The Balaban J connectivity index is 1.69. The Morgan fingerprint density at radius 3 is 2.59 bits per heavy atom. The maximum atomic E-state index is 3.68. The topological polar surface area (TPSA) is 19.0 Å². The molecule has 0 atom stereocenters. The van der Waals surface area contributed by atoms with E-state index in [9.17, 15) is 0 Å². The van der Waals surface area contributed by atoms with Crippen LogP contribution in [0.3, 0.4) is 0 Å². The molecule has 1 N–H and O–H groups in total. The highest BCUT2D eigenvalue weighted by molar-refractivity contribution is 5.90. The molecule has 0 unspecified atom stereocenters. The van der Waals surface area contributed by atoms with Gasteiger partial charge < -0.3 is 4.98 Å². The number of benzene rings is 2. The first-order valence-electron chi connectivity index (χ1n) is 8.08. The van der Waals surface area contributed by atoms with Gasteiger partial charge in [-0.1, -0.05) is 42.5 Å². The maximum Gasteiger partial charge on any atom is 0.0491 e. The van der Waals surface area contributed by atoms with Crippen LogP contribution in [0.4, 0.5) is 0 Å². The van der Waals surface area contributed by atoms with Crippen LogP contribution in [-0.4, -0.2) is 16.4 Å². The SMILES string of the molecule is Cc1ccc(C)c2c3c([nH]c12)CCN(Cc1ccccc1)C3. The Labute approximate surface area is 131 Å². The van der Waals surface area contributed by atoms with Crippen molar-refractivity contribution in [1.82, 2.24) is 9.88 Å². The zero-order chi connectivity index (χ0) is 15.1. The van der Waals surface area contributed by atoms with E-state index in [2.05, 4.69) is 66.2 Å². The fraction of sp³-hybridized carbons (Fsp3) is 0.300. The van der Waals surface area contributed by atoms with Gasteiger partial charge in [0, 0.05) is 42.7 Å². The molecule has 4 rings (SSSR count). The summed E-state index contributed by atoms with van der Waals surface area (Å²) in [6.45, 7) is 7.65. The molecule has 0 bridgehead atoms. The lowest BCUT2D eigenvalue weighted by Crippen LogP contribution is -2.29.